The number of methoxy groups -OCH3 is 1. The van der Waals surface area contributed by atoms with Gasteiger partial charge in [0.05, 0.1) is 12.7 Å². The highest BCUT2D eigenvalue weighted by Gasteiger charge is 2.25. The van der Waals surface area contributed by atoms with E-state index in [9.17, 15) is 9.59 Å². The molecule has 0 aliphatic rings. The van der Waals surface area contributed by atoms with Crippen LogP contribution in [0.4, 0.5) is 0 Å². The molecule has 0 fully saturated rings. The van der Waals surface area contributed by atoms with Crippen LogP contribution in [0.2, 0.25) is 0 Å². The summed E-state index contributed by atoms with van der Waals surface area (Å²) in [4.78, 5) is 25.7. The number of ketones is 1. The number of benzene rings is 2. The van der Waals surface area contributed by atoms with E-state index < -0.39 is 12.1 Å². The minimum Gasteiger partial charge on any atom is -0.493 e. The highest BCUT2D eigenvalue weighted by molar-refractivity contribution is 5.86. The molecular weight excluding hydrogens is 440 g/mol. The lowest BCUT2D eigenvalue weighted by atomic mass is 9.87. The zero-order chi connectivity index (χ0) is 25.8. The summed E-state index contributed by atoms with van der Waals surface area (Å²) in [5, 5.41) is 2.92. The zero-order valence-corrected chi connectivity index (χ0v) is 21.8. The lowest BCUT2D eigenvalue weighted by molar-refractivity contribution is -0.125. The van der Waals surface area contributed by atoms with Crippen molar-refractivity contribution < 1.29 is 19.1 Å². The van der Waals surface area contributed by atoms with Crippen LogP contribution in [0.15, 0.2) is 54.6 Å². The molecule has 1 amide bonds. The average molecular weight is 483 g/mol. The zero-order valence-electron chi connectivity index (χ0n) is 21.8. The fourth-order valence-electron chi connectivity index (χ4n) is 4.01. The topological polar surface area (TPSA) is 90.7 Å². The van der Waals surface area contributed by atoms with Gasteiger partial charge in [0, 0.05) is 31.9 Å². The van der Waals surface area contributed by atoms with Crippen LogP contribution < -0.4 is 15.8 Å². The molecule has 6 heteroatoms. The third-order valence-electron chi connectivity index (χ3n) is 6.60. The number of hydrogen-bond donors (Lipinski definition) is 2. The van der Waals surface area contributed by atoms with E-state index in [2.05, 4.69) is 19.2 Å². The van der Waals surface area contributed by atoms with Crippen molar-refractivity contribution in [2.75, 3.05) is 20.3 Å². The molecule has 0 heterocycles. The predicted molar refractivity (Wildman–Crippen MR) is 141 cm³/mol. The maximum absolute atomic E-state index is 13.2. The molecule has 0 saturated carbocycles. The number of carbonyl (C=O) groups excluding carboxylic acids is 2. The number of Topliss-reactive ketones (excluding diaryl/α,β-unsaturated/α-hetero) is 1. The summed E-state index contributed by atoms with van der Waals surface area (Å²) in [5.41, 5.74) is 7.96. The first-order valence-corrected chi connectivity index (χ1v) is 12.6. The van der Waals surface area contributed by atoms with Crippen molar-refractivity contribution >= 4 is 11.7 Å². The van der Waals surface area contributed by atoms with Crippen LogP contribution in [0.1, 0.15) is 69.9 Å². The SMILES string of the molecule is CCCC(C)COc1ccc([C@H](CNC(=O)[C@@H](N)[C@@H](C)OC)CC(=O)[C@@H](C)c2ccccc2)cc1. The standard InChI is InChI=1S/C29H42N2O4/c1-6-10-20(2)19-35-26-15-13-24(14-16-26)25(18-31-29(33)28(30)22(4)34-5)17-27(32)21(3)23-11-8-7-9-12-23/h7-9,11-16,20-22,25,28H,6,10,17-19,30H2,1-5H3,(H,31,33)/t20?,21-,22+,25-,28-/m0/s1. The van der Waals surface area contributed by atoms with Crippen molar-refractivity contribution in [2.45, 2.75) is 70.9 Å². The smallest absolute Gasteiger partial charge is 0.239 e. The van der Waals surface area contributed by atoms with E-state index in [0.717, 1.165) is 29.7 Å². The summed E-state index contributed by atoms with van der Waals surface area (Å²) in [6.07, 6.45) is 2.17. The van der Waals surface area contributed by atoms with Gasteiger partial charge < -0.3 is 20.5 Å². The molecule has 192 valence electrons. The number of amides is 1. The minimum atomic E-state index is -0.777. The molecule has 2 rings (SSSR count). The van der Waals surface area contributed by atoms with E-state index in [1.165, 1.54) is 7.11 Å². The van der Waals surface area contributed by atoms with Gasteiger partial charge >= 0.3 is 0 Å². The first-order valence-electron chi connectivity index (χ1n) is 12.6. The molecule has 1 unspecified atom stereocenters. The van der Waals surface area contributed by atoms with Gasteiger partial charge in [0.15, 0.2) is 0 Å². The lowest BCUT2D eigenvalue weighted by Crippen LogP contribution is -2.48. The van der Waals surface area contributed by atoms with Gasteiger partial charge in [0.1, 0.15) is 17.6 Å². The second kappa shape index (κ2) is 14.6. The van der Waals surface area contributed by atoms with Crippen LogP contribution >= 0.6 is 0 Å². The predicted octanol–water partition coefficient (Wildman–Crippen LogP) is 4.83. The first kappa shape index (κ1) is 28.5. The summed E-state index contributed by atoms with van der Waals surface area (Å²) in [5.74, 6) is 0.720. The molecule has 3 N–H and O–H groups in total. The quantitative estimate of drug-likeness (QED) is 0.380. The fourth-order valence-corrected chi connectivity index (χ4v) is 4.01. The Morgan fingerprint density at radius 2 is 1.63 bits per heavy atom. The van der Waals surface area contributed by atoms with Crippen molar-refractivity contribution in [1.82, 2.24) is 5.32 Å². The van der Waals surface area contributed by atoms with Gasteiger partial charge in [-0.15, -0.1) is 0 Å². The Balaban J connectivity index is 2.13. The van der Waals surface area contributed by atoms with Gasteiger partial charge in [-0.25, -0.2) is 0 Å². The molecule has 0 aliphatic heterocycles. The van der Waals surface area contributed by atoms with Crippen molar-refractivity contribution in [3.05, 3.63) is 65.7 Å². The summed E-state index contributed by atoms with van der Waals surface area (Å²) in [6, 6.07) is 16.8. The molecule has 0 bridgehead atoms. The Morgan fingerprint density at radius 3 is 2.23 bits per heavy atom. The van der Waals surface area contributed by atoms with Crippen LogP contribution in [0.5, 0.6) is 5.75 Å². The van der Waals surface area contributed by atoms with E-state index in [-0.39, 0.29) is 23.5 Å². The molecule has 0 radical (unpaired) electrons. The fraction of sp³-hybridized carbons (Fsp3) is 0.517. The minimum absolute atomic E-state index is 0.124. The van der Waals surface area contributed by atoms with Crippen molar-refractivity contribution in [3.63, 3.8) is 0 Å². The number of ether oxygens (including phenoxy) is 2. The maximum atomic E-state index is 13.2. The van der Waals surface area contributed by atoms with Crippen LogP contribution in [0.25, 0.3) is 0 Å². The molecule has 0 spiro atoms. The molecule has 5 atom stereocenters. The number of hydrogen-bond acceptors (Lipinski definition) is 5. The molecule has 2 aromatic carbocycles. The van der Waals surface area contributed by atoms with E-state index in [0.29, 0.717) is 25.5 Å². The van der Waals surface area contributed by atoms with Crippen molar-refractivity contribution in [3.8, 4) is 5.75 Å². The molecule has 0 saturated heterocycles. The van der Waals surface area contributed by atoms with E-state index in [1.54, 1.807) is 6.92 Å². The molecule has 6 nitrogen and oxygen atoms in total. The van der Waals surface area contributed by atoms with Gasteiger partial charge in [-0.3, -0.25) is 9.59 Å². The molecular formula is C29H42N2O4. The molecule has 35 heavy (non-hydrogen) atoms. The van der Waals surface area contributed by atoms with Gasteiger partial charge in [-0.05, 0) is 42.5 Å². The van der Waals surface area contributed by atoms with Gasteiger partial charge in [-0.1, -0.05) is 69.7 Å². The normalized spacial score (nSPS) is 15.5. The summed E-state index contributed by atoms with van der Waals surface area (Å²) >= 11 is 0. The van der Waals surface area contributed by atoms with Crippen LogP contribution in [0, 0.1) is 5.92 Å². The lowest BCUT2D eigenvalue weighted by Gasteiger charge is -2.23. The summed E-state index contributed by atoms with van der Waals surface area (Å²) < 4.78 is 11.1. The highest BCUT2D eigenvalue weighted by atomic mass is 16.5. The summed E-state index contributed by atoms with van der Waals surface area (Å²) in [7, 11) is 1.52. The number of rotatable bonds is 15. The average Bonchev–Trinajstić information content (AvgIpc) is 2.89. The van der Waals surface area contributed by atoms with Gasteiger partial charge in [0.25, 0.3) is 0 Å². The Morgan fingerprint density at radius 1 is 0.971 bits per heavy atom. The molecule has 0 aliphatic carbocycles. The van der Waals surface area contributed by atoms with Crippen molar-refractivity contribution in [2.24, 2.45) is 11.7 Å². The Bertz CT molecular complexity index is 901. The second-order valence-electron chi connectivity index (χ2n) is 9.49. The third kappa shape index (κ3) is 9.11. The van der Waals surface area contributed by atoms with E-state index in [1.807, 2.05) is 61.5 Å². The molecule has 0 aromatic heterocycles. The van der Waals surface area contributed by atoms with Crippen LogP contribution in [0.3, 0.4) is 0 Å². The largest absolute Gasteiger partial charge is 0.493 e. The van der Waals surface area contributed by atoms with Crippen molar-refractivity contribution in [1.29, 1.82) is 0 Å². The molecule has 2 aromatic rings. The van der Waals surface area contributed by atoms with Crippen LogP contribution in [-0.4, -0.2) is 44.1 Å². The highest BCUT2D eigenvalue weighted by Crippen LogP contribution is 2.27. The van der Waals surface area contributed by atoms with Crippen LogP contribution in [-0.2, 0) is 14.3 Å². The third-order valence-corrected chi connectivity index (χ3v) is 6.60. The van der Waals surface area contributed by atoms with Gasteiger partial charge in [-0.2, -0.15) is 0 Å². The Labute approximate surface area is 210 Å². The maximum Gasteiger partial charge on any atom is 0.239 e. The van der Waals surface area contributed by atoms with E-state index >= 15 is 0 Å². The number of nitrogens with one attached hydrogen (secondary N) is 1. The van der Waals surface area contributed by atoms with E-state index in [4.69, 9.17) is 15.2 Å². The Hall–Kier alpha value is -2.70. The Kier molecular flexibility index (Phi) is 11.9. The number of nitrogens with two attached hydrogens (primary N) is 1. The second-order valence-corrected chi connectivity index (χ2v) is 9.49. The first-order chi connectivity index (χ1) is 16.8. The number of carbonyl (C=O) groups is 2. The summed E-state index contributed by atoms with van der Waals surface area (Å²) in [6.45, 7) is 9.03. The van der Waals surface area contributed by atoms with Gasteiger partial charge in [0.2, 0.25) is 5.91 Å². The monoisotopic (exact) mass is 482 g/mol.